The number of carbonyl (C=O) groups excluding carboxylic acids is 1. The molecule has 6 N–H and O–H groups in total. The average molecular weight is 150 g/mol. The molecule has 10 heavy (non-hydrogen) atoms. The van der Waals surface area contributed by atoms with Crippen molar-refractivity contribution in [3.8, 4) is 0 Å². The largest absolute Gasteiger partial charge is 0.480 e. The highest BCUT2D eigenvalue weighted by Gasteiger charge is 1.98. The second kappa shape index (κ2) is 5.99. The molecule has 0 fully saturated rings. The first-order chi connectivity index (χ1) is 4.16. The van der Waals surface area contributed by atoms with Crippen molar-refractivity contribution in [3.63, 3.8) is 0 Å². The highest BCUT2D eigenvalue weighted by molar-refractivity contribution is 5.82. The maximum absolute atomic E-state index is 10.2. The molecule has 0 unspecified atom stereocenters. The van der Waals surface area contributed by atoms with Gasteiger partial charge >= 0.3 is 5.97 Å². The minimum atomic E-state index is -1.07. The summed E-state index contributed by atoms with van der Waals surface area (Å²) < 4.78 is 0. The van der Waals surface area contributed by atoms with Crippen LogP contribution in [-0.2, 0) is 9.59 Å². The van der Waals surface area contributed by atoms with Crippen LogP contribution in [0.3, 0.4) is 0 Å². The Kier molecular flexibility index (Phi) is 6.96. The van der Waals surface area contributed by atoms with E-state index in [9.17, 15) is 9.59 Å². The minimum absolute atomic E-state index is 0. The van der Waals surface area contributed by atoms with Crippen molar-refractivity contribution >= 4 is 11.9 Å². The number of hydrogen-bond donors (Lipinski definition) is 3. The molecule has 0 aliphatic heterocycles. The molecule has 0 aromatic rings. The van der Waals surface area contributed by atoms with Gasteiger partial charge in [-0.05, 0) is 0 Å². The van der Waals surface area contributed by atoms with Crippen molar-refractivity contribution in [1.82, 2.24) is 5.32 Å². The van der Waals surface area contributed by atoms with E-state index in [0.29, 0.717) is 0 Å². The second-order valence-electron chi connectivity index (χ2n) is 1.37. The van der Waals surface area contributed by atoms with Crippen LogP contribution in [-0.4, -0.2) is 35.5 Å². The van der Waals surface area contributed by atoms with Gasteiger partial charge in [0.05, 0.1) is 6.54 Å². The number of hydrogen-bond acceptors (Lipinski definition) is 3. The standard InChI is InChI=1S/C4H8N2O3.H2O/c5-1-3(7)6-2-4(8)9;/h1-2,5H2,(H,6,7)(H,8,9);1H2. The molecule has 0 saturated heterocycles. The molecule has 0 rings (SSSR count). The van der Waals surface area contributed by atoms with Crippen LogP contribution >= 0.6 is 0 Å². The van der Waals surface area contributed by atoms with Crippen LogP contribution in [0.5, 0.6) is 0 Å². The summed E-state index contributed by atoms with van der Waals surface area (Å²) in [6.45, 7) is -0.538. The Balaban J connectivity index is 0. The van der Waals surface area contributed by atoms with E-state index in [1.54, 1.807) is 0 Å². The molecule has 0 radical (unpaired) electrons. The van der Waals surface area contributed by atoms with Crippen LogP contribution in [0.25, 0.3) is 0 Å². The minimum Gasteiger partial charge on any atom is -0.480 e. The Morgan fingerprint density at radius 3 is 2.30 bits per heavy atom. The van der Waals surface area contributed by atoms with Crippen LogP contribution < -0.4 is 11.1 Å². The van der Waals surface area contributed by atoms with Crippen LogP contribution in [0.4, 0.5) is 0 Å². The summed E-state index contributed by atoms with van der Waals surface area (Å²) >= 11 is 0. The third kappa shape index (κ3) is 6.86. The van der Waals surface area contributed by atoms with Crippen molar-refractivity contribution in [1.29, 1.82) is 0 Å². The van der Waals surface area contributed by atoms with Crippen LogP contribution in [0, 0.1) is 0 Å². The lowest BCUT2D eigenvalue weighted by molar-refractivity contribution is -0.137. The molecule has 0 heterocycles. The maximum Gasteiger partial charge on any atom is 0.322 e. The van der Waals surface area contributed by atoms with Gasteiger partial charge in [0.1, 0.15) is 6.54 Å². The molecular weight excluding hydrogens is 140 g/mol. The van der Waals surface area contributed by atoms with E-state index >= 15 is 0 Å². The number of amides is 1. The molecule has 0 atom stereocenters. The normalized spacial score (nSPS) is 7.70. The lowest BCUT2D eigenvalue weighted by Gasteiger charge is -1.95. The van der Waals surface area contributed by atoms with E-state index in [1.165, 1.54) is 0 Å². The SMILES string of the molecule is NCC(=O)NCC(=O)O.O. The summed E-state index contributed by atoms with van der Waals surface area (Å²) in [5, 5.41) is 10.1. The molecule has 6 heteroatoms. The third-order valence-corrected chi connectivity index (χ3v) is 0.622. The van der Waals surface area contributed by atoms with Gasteiger partial charge in [0.15, 0.2) is 0 Å². The summed E-state index contributed by atoms with van der Waals surface area (Å²) in [4.78, 5) is 20.0. The first kappa shape index (κ1) is 11.6. The van der Waals surface area contributed by atoms with Gasteiger partial charge in [0.25, 0.3) is 0 Å². The lowest BCUT2D eigenvalue weighted by atomic mass is 10.5. The van der Waals surface area contributed by atoms with Gasteiger partial charge in [0.2, 0.25) is 5.91 Å². The van der Waals surface area contributed by atoms with E-state index in [-0.39, 0.29) is 18.6 Å². The average Bonchev–Trinajstić information content (AvgIpc) is 1.83. The van der Waals surface area contributed by atoms with Gasteiger partial charge in [-0.2, -0.15) is 0 Å². The number of carboxylic acids is 1. The summed E-state index contributed by atoms with van der Waals surface area (Å²) in [6, 6.07) is 0. The van der Waals surface area contributed by atoms with E-state index < -0.39 is 11.9 Å². The predicted molar refractivity (Wildman–Crippen MR) is 33.3 cm³/mol. The fourth-order valence-electron chi connectivity index (χ4n) is 0.246. The predicted octanol–water partition coefficient (Wildman–Crippen LogP) is -2.68. The molecule has 6 nitrogen and oxygen atoms in total. The van der Waals surface area contributed by atoms with E-state index in [2.05, 4.69) is 5.32 Å². The molecule has 0 aliphatic rings. The smallest absolute Gasteiger partial charge is 0.322 e. The van der Waals surface area contributed by atoms with Crippen molar-refractivity contribution in [2.45, 2.75) is 0 Å². The summed E-state index contributed by atoms with van der Waals surface area (Å²) in [6.07, 6.45) is 0. The zero-order chi connectivity index (χ0) is 7.28. The number of rotatable bonds is 3. The number of nitrogens with two attached hydrogens (primary N) is 1. The van der Waals surface area contributed by atoms with Crippen molar-refractivity contribution in [2.75, 3.05) is 13.1 Å². The van der Waals surface area contributed by atoms with E-state index in [4.69, 9.17) is 10.8 Å². The topological polar surface area (TPSA) is 124 Å². The fourth-order valence-corrected chi connectivity index (χ4v) is 0.246. The zero-order valence-electron chi connectivity index (χ0n) is 5.26. The molecule has 0 bridgehead atoms. The molecule has 0 saturated carbocycles. The second-order valence-corrected chi connectivity index (χ2v) is 1.37. The Morgan fingerprint density at radius 1 is 1.50 bits per heavy atom. The summed E-state index contributed by atoms with van der Waals surface area (Å²) in [5.41, 5.74) is 4.85. The molecule has 60 valence electrons. The van der Waals surface area contributed by atoms with E-state index in [1.807, 2.05) is 0 Å². The Bertz CT molecular complexity index is 124. The van der Waals surface area contributed by atoms with E-state index in [0.717, 1.165) is 0 Å². The number of carboxylic acid groups (broad SMARTS) is 1. The van der Waals surface area contributed by atoms with Crippen LogP contribution in [0.15, 0.2) is 0 Å². The van der Waals surface area contributed by atoms with Gasteiger partial charge in [-0.15, -0.1) is 0 Å². The highest BCUT2D eigenvalue weighted by Crippen LogP contribution is 1.60. The van der Waals surface area contributed by atoms with Gasteiger partial charge < -0.3 is 21.6 Å². The number of aliphatic carboxylic acids is 1. The van der Waals surface area contributed by atoms with Crippen molar-refractivity contribution in [2.24, 2.45) is 5.73 Å². The van der Waals surface area contributed by atoms with Gasteiger partial charge in [-0.3, -0.25) is 9.59 Å². The fraction of sp³-hybridized carbons (Fsp3) is 0.500. The van der Waals surface area contributed by atoms with Crippen LogP contribution in [0.2, 0.25) is 0 Å². The molecule has 0 aliphatic carbocycles. The van der Waals surface area contributed by atoms with Gasteiger partial charge in [-0.1, -0.05) is 0 Å². The molecular formula is C4H10N2O4. The summed E-state index contributed by atoms with van der Waals surface area (Å²) in [7, 11) is 0. The van der Waals surface area contributed by atoms with Crippen LogP contribution in [0.1, 0.15) is 0 Å². The monoisotopic (exact) mass is 150 g/mol. The lowest BCUT2D eigenvalue weighted by Crippen LogP contribution is -2.34. The summed E-state index contributed by atoms with van der Waals surface area (Å²) in [5.74, 6) is -1.53. The zero-order valence-corrected chi connectivity index (χ0v) is 5.26. The highest BCUT2D eigenvalue weighted by atomic mass is 16.4. The molecule has 1 amide bonds. The van der Waals surface area contributed by atoms with Crippen molar-refractivity contribution in [3.05, 3.63) is 0 Å². The molecule has 0 aromatic heterocycles. The molecule has 0 spiro atoms. The Hall–Kier alpha value is -1.14. The van der Waals surface area contributed by atoms with Gasteiger partial charge in [-0.25, -0.2) is 0 Å². The van der Waals surface area contributed by atoms with Gasteiger partial charge in [0, 0.05) is 0 Å². The Morgan fingerprint density at radius 2 is 2.00 bits per heavy atom. The maximum atomic E-state index is 10.2. The first-order valence-electron chi connectivity index (χ1n) is 2.35. The van der Waals surface area contributed by atoms with Crippen molar-refractivity contribution < 1.29 is 20.2 Å². The first-order valence-corrected chi connectivity index (χ1v) is 2.35. The third-order valence-electron chi connectivity index (χ3n) is 0.622. The Labute approximate surface area is 57.3 Å². The number of nitrogens with one attached hydrogen (secondary N) is 1. The quantitative estimate of drug-likeness (QED) is 0.405. The number of carbonyl (C=O) groups is 2. The molecule has 0 aromatic carbocycles.